The lowest BCUT2D eigenvalue weighted by Gasteiger charge is -2.11. The highest BCUT2D eigenvalue weighted by molar-refractivity contribution is 8.02. The number of aryl methyl sites for hydroxylation is 2. The predicted molar refractivity (Wildman–Crippen MR) is 83.3 cm³/mol. The Hall–Kier alpha value is -0.560. The number of benzene rings is 1. The third kappa shape index (κ3) is 4.21. The number of aliphatic hydroxyl groups is 1. The zero-order valence-electron chi connectivity index (χ0n) is 11.1. The average Bonchev–Trinajstić information content (AvgIpc) is 2.82. The Bertz CT molecular complexity index is 536. The smallest absolute Gasteiger partial charge is 0.175 e. The van der Waals surface area contributed by atoms with E-state index in [4.69, 9.17) is 0 Å². The first-order valence-electron chi connectivity index (χ1n) is 5.85. The lowest BCUT2D eigenvalue weighted by molar-refractivity contribution is 0.204. The lowest BCUT2D eigenvalue weighted by Crippen LogP contribution is -2.01. The van der Waals surface area contributed by atoms with E-state index in [1.54, 1.807) is 34.9 Å². The molecular formula is C13H16N2OS3. The first kappa shape index (κ1) is 14.8. The molecule has 1 N–H and O–H groups in total. The van der Waals surface area contributed by atoms with E-state index in [1.165, 1.54) is 11.1 Å². The standard InChI is InChI=1S/C13H16N2OS3/c1-8-4-9(2)6-10(5-8)11(16)7-18-13-15-14-12(17-3)19-13/h4-6,11,16H,7H2,1-3H3. The van der Waals surface area contributed by atoms with Crippen molar-refractivity contribution >= 4 is 34.9 Å². The van der Waals surface area contributed by atoms with Gasteiger partial charge in [0.15, 0.2) is 8.68 Å². The highest BCUT2D eigenvalue weighted by Gasteiger charge is 2.11. The Morgan fingerprint density at radius 1 is 1.16 bits per heavy atom. The van der Waals surface area contributed by atoms with Gasteiger partial charge in [-0.2, -0.15) is 0 Å². The Morgan fingerprint density at radius 3 is 2.37 bits per heavy atom. The Kier molecular flexibility index (Phi) is 5.27. The van der Waals surface area contributed by atoms with E-state index in [2.05, 4.69) is 16.3 Å². The first-order chi connectivity index (χ1) is 9.08. The molecule has 1 aromatic carbocycles. The van der Waals surface area contributed by atoms with Crippen molar-refractivity contribution in [3.05, 3.63) is 34.9 Å². The van der Waals surface area contributed by atoms with Crippen LogP contribution in [0.25, 0.3) is 0 Å². The van der Waals surface area contributed by atoms with Crippen molar-refractivity contribution < 1.29 is 5.11 Å². The van der Waals surface area contributed by atoms with E-state index in [0.29, 0.717) is 5.75 Å². The van der Waals surface area contributed by atoms with Crippen LogP contribution in [0, 0.1) is 13.8 Å². The van der Waals surface area contributed by atoms with Gasteiger partial charge >= 0.3 is 0 Å². The molecule has 102 valence electrons. The maximum absolute atomic E-state index is 10.2. The van der Waals surface area contributed by atoms with Crippen LogP contribution in [0.5, 0.6) is 0 Å². The van der Waals surface area contributed by atoms with Gasteiger partial charge in [-0.3, -0.25) is 0 Å². The molecule has 2 aromatic rings. The summed E-state index contributed by atoms with van der Waals surface area (Å²) in [7, 11) is 0. The zero-order chi connectivity index (χ0) is 13.8. The van der Waals surface area contributed by atoms with Gasteiger partial charge in [0, 0.05) is 5.75 Å². The van der Waals surface area contributed by atoms with Crippen molar-refractivity contribution in [3.63, 3.8) is 0 Å². The number of hydrogen-bond donors (Lipinski definition) is 1. The van der Waals surface area contributed by atoms with E-state index in [-0.39, 0.29) is 0 Å². The van der Waals surface area contributed by atoms with E-state index in [1.807, 2.05) is 32.2 Å². The van der Waals surface area contributed by atoms with Gasteiger partial charge in [-0.25, -0.2) is 0 Å². The monoisotopic (exact) mass is 312 g/mol. The van der Waals surface area contributed by atoms with E-state index in [9.17, 15) is 5.11 Å². The average molecular weight is 312 g/mol. The summed E-state index contributed by atoms with van der Waals surface area (Å²) in [6, 6.07) is 6.18. The molecule has 0 spiro atoms. The van der Waals surface area contributed by atoms with Crippen molar-refractivity contribution in [1.29, 1.82) is 0 Å². The van der Waals surface area contributed by atoms with Gasteiger partial charge < -0.3 is 5.11 Å². The van der Waals surface area contributed by atoms with E-state index < -0.39 is 6.10 Å². The maximum atomic E-state index is 10.2. The van der Waals surface area contributed by atoms with Crippen LogP contribution in [0.15, 0.2) is 26.9 Å². The molecule has 19 heavy (non-hydrogen) atoms. The number of thioether (sulfide) groups is 2. The fourth-order valence-electron chi connectivity index (χ4n) is 1.79. The van der Waals surface area contributed by atoms with Gasteiger partial charge in [0.1, 0.15) is 0 Å². The molecule has 6 heteroatoms. The first-order valence-corrected chi connectivity index (χ1v) is 8.87. The van der Waals surface area contributed by atoms with Gasteiger partial charge in [0.25, 0.3) is 0 Å². The molecule has 0 radical (unpaired) electrons. The van der Waals surface area contributed by atoms with Crippen molar-refractivity contribution in [2.75, 3.05) is 12.0 Å². The Labute approximate surface area is 125 Å². The van der Waals surface area contributed by atoms with Gasteiger partial charge in [-0.15, -0.1) is 10.2 Å². The molecule has 3 nitrogen and oxygen atoms in total. The zero-order valence-corrected chi connectivity index (χ0v) is 13.5. The molecular weight excluding hydrogens is 296 g/mol. The van der Waals surface area contributed by atoms with Gasteiger partial charge in [-0.1, -0.05) is 64.2 Å². The molecule has 1 atom stereocenters. The second-order valence-electron chi connectivity index (χ2n) is 4.29. The van der Waals surface area contributed by atoms with Gasteiger partial charge in [0.2, 0.25) is 0 Å². The highest BCUT2D eigenvalue weighted by Crippen LogP contribution is 2.30. The summed E-state index contributed by atoms with van der Waals surface area (Å²) >= 11 is 4.72. The molecule has 0 aliphatic carbocycles. The molecule has 1 unspecified atom stereocenters. The normalized spacial score (nSPS) is 12.6. The number of aromatic nitrogens is 2. The van der Waals surface area contributed by atoms with Crippen LogP contribution in [-0.4, -0.2) is 27.3 Å². The van der Waals surface area contributed by atoms with Crippen LogP contribution >= 0.6 is 34.9 Å². The second-order valence-corrected chi connectivity index (χ2v) is 7.58. The van der Waals surface area contributed by atoms with E-state index >= 15 is 0 Å². The summed E-state index contributed by atoms with van der Waals surface area (Å²) in [5.74, 6) is 0.603. The summed E-state index contributed by atoms with van der Waals surface area (Å²) in [5.41, 5.74) is 3.33. The fourth-order valence-corrected chi connectivity index (χ4v) is 4.22. The fraction of sp³-hybridized carbons (Fsp3) is 0.385. The third-order valence-corrected chi connectivity index (χ3v) is 5.66. The maximum Gasteiger partial charge on any atom is 0.175 e. The van der Waals surface area contributed by atoms with Crippen LogP contribution in [-0.2, 0) is 0 Å². The lowest BCUT2D eigenvalue weighted by atomic mass is 10.0. The quantitative estimate of drug-likeness (QED) is 0.853. The minimum absolute atomic E-state index is 0.467. The van der Waals surface area contributed by atoms with Crippen molar-refractivity contribution in [3.8, 4) is 0 Å². The minimum atomic E-state index is -0.467. The summed E-state index contributed by atoms with van der Waals surface area (Å²) in [6.45, 7) is 4.09. The van der Waals surface area contributed by atoms with Crippen molar-refractivity contribution in [2.24, 2.45) is 0 Å². The van der Waals surface area contributed by atoms with E-state index in [0.717, 1.165) is 14.2 Å². The van der Waals surface area contributed by atoms with Crippen molar-refractivity contribution in [2.45, 2.75) is 28.6 Å². The summed E-state index contributed by atoms with van der Waals surface area (Å²) in [6.07, 6.45) is 1.52. The number of rotatable bonds is 5. The molecule has 1 heterocycles. The molecule has 0 saturated carbocycles. The molecule has 0 aliphatic heterocycles. The molecule has 0 saturated heterocycles. The van der Waals surface area contributed by atoms with Crippen LogP contribution in [0.2, 0.25) is 0 Å². The molecule has 0 aliphatic rings. The largest absolute Gasteiger partial charge is 0.388 e. The Morgan fingerprint density at radius 2 is 1.79 bits per heavy atom. The van der Waals surface area contributed by atoms with Crippen molar-refractivity contribution in [1.82, 2.24) is 10.2 Å². The van der Waals surface area contributed by atoms with Crippen LogP contribution in [0.4, 0.5) is 0 Å². The molecule has 0 bridgehead atoms. The molecule has 1 aromatic heterocycles. The minimum Gasteiger partial charge on any atom is -0.388 e. The van der Waals surface area contributed by atoms with Crippen LogP contribution in [0.3, 0.4) is 0 Å². The number of aliphatic hydroxyl groups excluding tert-OH is 1. The van der Waals surface area contributed by atoms with Crippen LogP contribution in [0.1, 0.15) is 22.8 Å². The predicted octanol–water partition coefficient (Wildman–Crippen LogP) is 3.70. The van der Waals surface area contributed by atoms with Gasteiger partial charge in [-0.05, 0) is 25.7 Å². The molecule has 0 amide bonds. The highest BCUT2D eigenvalue weighted by atomic mass is 32.2. The van der Waals surface area contributed by atoms with Gasteiger partial charge in [0.05, 0.1) is 6.10 Å². The summed E-state index contributed by atoms with van der Waals surface area (Å²) < 4.78 is 1.87. The SMILES string of the molecule is CSc1nnc(SCC(O)c2cc(C)cc(C)c2)s1. The second kappa shape index (κ2) is 6.74. The number of hydrogen-bond acceptors (Lipinski definition) is 6. The molecule has 0 fully saturated rings. The third-order valence-electron chi connectivity index (χ3n) is 2.56. The molecule has 2 rings (SSSR count). The summed E-state index contributed by atoms with van der Waals surface area (Å²) in [5, 5.41) is 18.4. The topological polar surface area (TPSA) is 46.0 Å². The Balaban J connectivity index is 1.98. The summed E-state index contributed by atoms with van der Waals surface area (Å²) in [4.78, 5) is 0. The number of nitrogens with zero attached hydrogens (tertiary/aromatic N) is 2. The van der Waals surface area contributed by atoms with Crippen LogP contribution < -0.4 is 0 Å².